The van der Waals surface area contributed by atoms with Gasteiger partial charge in [0.2, 0.25) is 0 Å². The Kier molecular flexibility index (Phi) is 5.44. The van der Waals surface area contributed by atoms with E-state index in [2.05, 4.69) is 67.2 Å². The molecule has 1 unspecified atom stereocenters. The van der Waals surface area contributed by atoms with E-state index in [-0.39, 0.29) is 0 Å². The predicted molar refractivity (Wildman–Crippen MR) is 87.3 cm³/mol. The highest BCUT2D eigenvalue weighted by molar-refractivity contribution is 5.48. The van der Waals surface area contributed by atoms with E-state index in [9.17, 15) is 0 Å². The number of benzene rings is 1. The number of nitrogens with zero attached hydrogens (tertiary/aromatic N) is 2. The first kappa shape index (κ1) is 15.3. The molecule has 0 saturated carbocycles. The predicted octanol–water partition coefficient (Wildman–Crippen LogP) is 2.72. The van der Waals surface area contributed by atoms with E-state index < -0.39 is 0 Å². The Labute approximate surface area is 124 Å². The molecule has 20 heavy (non-hydrogen) atoms. The molecule has 1 N–H and O–H groups in total. The fourth-order valence-electron chi connectivity index (χ4n) is 2.88. The molecule has 1 aromatic rings. The lowest BCUT2D eigenvalue weighted by Crippen LogP contribution is -2.37. The summed E-state index contributed by atoms with van der Waals surface area (Å²) in [6, 6.07) is 10.2. The molecule has 0 spiro atoms. The lowest BCUT2D eigenvalue weighted by molar-refractivity contribution is 0.337. The first-order valence-electron chi connectivity index (χ1n) is 7.84. The van der Waals surface area contributed by atoms with Gasteiger partial charge in [-0.25, -0.2) is 0 Å². The van der Waals surface area contributed by atoms with Gasteiger partial charge < -0.3 is 15.1 Å². The molecule has 1 saturated heterocycles. The van der Waals surface area contributed by atoms with Crippen molar-refractivity contribution in [3.63, 3.8) is 0 Å². The van der Waals surface area contributed by atoms with Gasteiger partial charge in [0, 0.05) is 37.4 Å². The Morgan fingerprint density at radius 1 is 1.20 bits per heavy atom. The van der Waals surface area contributed by atoms with Crippen LogP contribution in [0.25, 0.3) is 0 Å². The second-order valence-corrected chi connectivity index (χ2v) is 6.36. The van der Waals surface area contributed by atoms with Crippen molar-refractivity contribution in [1.82, 2.24) is 10.2 Å². The van der Waals surface area contributed by atoms with Gasteiger partial charge >= 0.3 is 0 Å². The summed E-state index contributed by atoms with van der Waals surface area (Å²) in [5, 5.41) is 3.47. The first-order valence-corrected chi connectivity index (χ1v) is 7.84. The van der Waals surface area contributed by atoms with Crippen molar-refractivity contribution in [3.8, 4) is 0 Å². The minimum absolute atomic E-state index is 0.538. The summed E-state index contributed by atoms with van der Waals surface area (Å²) in [6.07, 6.45) is 1.25. The zero-order valence-corrected chi connectivity index (χ0v) is 13.4. The second kappa shape index (κ2) is 7.09. The number of hydrogen-bond acceptors (Lipinski definition) is 3. The minimum Gasteiger partial charge on any atom is -0.367 e. The van der Waals surface area contributed by atoms with Crippen molar-refractivity contribution in [2.24, 2.45) is 0 Å². The van der Waals surface area contributed by atoms with Gasteiger partial charge in [-0.05, 0) is 44.6 Å². The number of hydrogen-bond donors (Lipinski definition) is 1. The lowest BCUT2D eigenvalue weighted by atomic mass is 10.1. The molecule has 3 nitrogen and oxygen atoms in total. The number of nitrogens with one attached hydrogen (secondary N) is 1. The fourth-order valence-corrected chi connectivity index (χ4v) is 2.88. The average molecular weight is 275 g/mol. The largest absolute Gasteiger partial charge is 0.367 e. The minimum atomic E-state index is 0.538. The maximum atomic E-state index is 3.47. The van der Waals surface area contributed by atoms with Gasteiger partial charge in [0.25, 0.3) is 0 Å². The molecule has 0 amide bonds. The highest BCUT2D eigenvalue weighted by atomic mass is 15.2. The SMILES string of the molecule is CC(C)NCc1ccc(N2CCCN(C)CC2C)cc1. The number of rotatable bonds is 4. The van der Waals surface area contributed by atoms with Gasteiger partial charge in [-0.1, -0.05) is 26.0 Å². The van der Waals surface area contributed by atoms with E-state index in [4.69, 9.17) is 0 Å². The molecule has 1 heterocycles. The molecule has 3 heteroatoms. The summed E-state index contributed by atoms with van der Waals surface area (Å²) in [4.78, 5) is 4.98. The second-order valence-electron chi connectivity index (χ2n) is 6.36. The number of likely N-dealkylation sites (N-methyl/N-ethyl adjacent to an activating group) is 1. The van der Waals surface area contributed by atoms with Crippen LogP contribution in [0.2, 0.25) is 0 Å². The maximum absolute atomic E-state index is 3.47. The number of anilines is 1. The Hall–Kier alpha value is -1.06. The van der Waals surface area contributed by atoms with Crippen molar-refractivity contribution in [1.29, 1.82) is 0 Å². The molecule has 0 aromatic heterocycles. The van der Waals surface area contributed by atoms with Crippen molar-refractivity contribution in [2.75, 3.05) is 31.6 Å². The zero-order chi connectivity index (χ0) is 14.5. The Balaban J connectivity index is 2.01. The van der Waals surface area contributed by atoms with Gasteiger partial charge in [0.05, 0.1) is 0 Å². The Bertz CT molecular complexity index is 399. The van der Waals surface area contributed by atoms with Crippen LogP contribution in [0, 0.1) is 0 Å². The third-order valence-corrected chi connectivity index (χ3v) is 4.03. The smallest absolute Gasteiger partial charge is 0.0388 e. The molecule has 1 aliphatic rings. The maximum Gasteiger partial charge on any atom is 0.0388 e. The molecule has 2 rings (SSSR count). The van der Waals surface area contributed by atoms with Gasteiger partial charge in [-0.2, -0.15) is 0 Å². The van der Waals surface area contributed by atoms with Crippen molar-refractivity contribution >= 4 is 5.69 Å². The summed E-state index contributed by atoms with van der Waals surface area (Å²) < 4.78 is 0. The van der Waals surface area contributed by atoms with Crippen LogP contribution in [0.4, 0.5) is 5.69 Å². The van der Waals surface area contributed by atoms with E-state index in [0.29, 0.717) is 12.1 Å². The lowest BCUT2D eigenvalue weighted by Gasteiger charge is -2.30. The van der Waals surface area contributed by atoms with E-state index in [1.165, 1.54) is 24.2 Å². The van der Waals surface area contributed by atoms with E-state index in [1.807, 2.05) is 0 Å². The topological polar surface area (TPSA) is 18.5 Å². The van der Waals surface area contributed by atoms with Crippen LogP contribution < -0.4 is 10.2 Å². The summed E-state index contributed by atoms with van der Waals surface area (Å²) in [5.41, 5.74) is 2.73. The quantitative estimate of drug-likeness (QED) is 0.911. The summed E-state index contributed by atoms with van der Waals surface area (Å²) in [7, 11) is 2.22. The fraction of sp³-hybridized carbons (Fsp3) is 0.647. The van der Waals surface area contributed by atoms with Crippen LogP contribution in [0.3, 0.4) is 0 Å². The molecule has 1 fully saturated rings. The van der Waals surface area contributed by atoms with Crippen LogP contribution in [-0.4, -0.2) is 43.7 Å². The van der Waals surface area contributed by atoms with Crippen molar-refractivity contribution < 1.29 is 0 Å². The van der Waals surface area contributed by atoms with Gasteiger partial charge in [0.15, 0.2) is 0 Å². The normalized spacial score (nSPS) is 21.2. The molecule has 0 radical (unpaired) electrons. The molecular formula is C17H29N3. The summed E-state index contributed by atoms with van der Waals surface area (Å²) in [6.45, 7) is 11.2. The van der Waals surface area contributed by atoms with Crippen LogP contribution >= 0.6 is 0 Å². The molecule has 0 aliphatic carbocycles. The first-order chi connectivity index (χ1) is 9.56. The van der Waals surface area contributed by atoms with Gasteiger partial charge in [0.1, 0.15) is 0 Å². The van der Waals surface area contributed by atoms with E-state index >= 15 is 0 Å². The standard InChI is InChI=1S/C17H29N3/c1-14(2)18-12-16-6-8-17(9-7-16)20-11-5-10-19(4)13-15(20)3/h6-9,14-15,18H,5,10-13H2,1-4H3. The van der Waals surface area contributed by atoms with Crippen LogP contribution in [0.15, 0.2) is 24.3 Å². The average Bonchev–Trinajstić information content (AvgIpc) is 2.58. The van der Waals surface area contributed by atoms with Crippen LogP contribution in [-0.2, 0) is 6.54 Å². The molecule has 1 aromatic carbocycles. The third-order valence-electron chi connectivity index (χ3n) is 4.03. The monoisotopic (exact) mass is 275 g/mol. The van der Waals surface area contributed by atoms with Crippen LogP contribution in [0.5, 0.6) is 0 Å². The van der Waals surface area contributed by atoms with Gasteiger partial charge in [-0.3, -0.25) is 0 Å². The highest BCUT2D eigenvalue weighted by Gasteiger charge is 2.19. The van der Waals surface area contributed by atoms with Crippen LogP contribution in [0.1, 0.15) is 32.8 Å². The van der Waals surface area contributed by atoms with Gasteiger partial charge in [-0.15, -0.1) is 0 Å². The third kappa shape index (κ3) is 4.22. The highest BCUT2D eigenvalue weighted by Crippen LogP contribution is 2.20. The molecule has 112 valence electrons. The van der Waals surface area contributed by atoms with Crippen molar-refractivity contribution in [3.05, 3.63) is 29.8 Å². The van der Waals surface area contributed by atoms with E-state index in [0.717, 1.165) is 19.6 Å². The van der Waals surface area contributed by atoms with Crippen molar-refractivity contribution in [2.45, 2.75) is 45.8 Å². The van der Waals surface area contributed by atoms with E-state index in [1.54, 1.807) is 0 Å². The Morgan fingerprint density at radius 3 is 2.55 bits per heavy atom. The molecule has 1 atom stereocenters. The summed E-state index contributed by atoms with van der Waals surface area (Å²) in [5.74, 6) is 0. The Morgan fingerprint density at radius 2 is 1.90 bits per heavy atom. The zero-order valence-electron chi connectivity index (χ0n) is 13.4. The molecule has 1 aliphatic heterocycles. The summed E-state index contributed by atoms with van der Waals surface area (Å²) >= 11 is 0. The molecular weight excluding hydrogens is 246 g/mol. The molecule has 0 bridgehead atoms.